The number of fused-ring (bicyclic) bond motifs is 2. The van der Waals surface area contributed by atoms with Crippen molar-refractivity contribution in [1.29, 1.82) is 5.41 Å². The zero-order chi connectivity index (χ0) is 63.9. The van der Waals surface area contributed by atoms with Gasteiger partial charge in [-0.15, -0.1) is 0 Å². The number of anilines is 2. The standard InChI is InChI=1S/C75H68N6O9/c1-72(2,3)40-13-21-46(22-14-40)87-53-37-50-56-51(70(84)81-69(50)83)38-55(89-48-25-17-42(18-26-48)74(7,8)9)60-61(56)58(53)59-54(88-47-23-15-41(16-24-47)73(4,5)6)39-52(68(82)80-45-31-35-78-36-32-45)57-62(59)63(60)66(90-49-27-19-43(20-28-49)75(10,11)12)65(71(85)86)64(57)67(76)79-44-29-33-77-34-30-44/h13-39H,1-12H3,(H,85,86)(H2,76,77,79)(H,78,80,82)(H,81,83,84). The molecule has 3 amide bonds. The smallest absolute Gasteiger partial charge is 0.340 e. The summed E-state index contributed by atoms with van der Waals surface area (Å²) in [5.74, 6) is -2.83. The molecule has 12 rings (SSSR count). The highest BCUT2D eigenvalue weighted by Crippen LogP contribution is 2.58. The van der Waals surface area contributed by atoms with E-state index in [1.54, 1.807) is 48.5 Å². The lowest BCUT2D eigenvalue weighted by molar-refractivity contribution is 0.0692. The summed E-state index contributed by atoms with van der Waals surface area (Å²) in [6.07, 6.45) is 6.12. The molecule has 1 aliphatic rings. The Labute approximate surface area is 521 Å². The van der Waals surface area contributed by atoms with E-state index in [2.05, 4.69) is 109 Å². The van der Waals surface area contributed by atoms with Gasteiger partial charge in [0.15, 0.2) is 5.75 Å². The molecule has 90 heavy (non-hydrogen) atoms. The normalized spacial score (nSPS) is 12.8. The first kappa shape index (κ1) is 59.7. The maximum Gasteiger partial charge on any atom is 0.340 e. The summed E-state index contributed by atoms with van der Waals surface area (Å²) in [4.78, 5) is 68.8. The van der Waals surface area contributed by atoms with Crippen LogP contribution in [-0.4, -0.2) is 44.6 Å². The fourth-order valence-corrected chi connectivity index (χ4v) is 11.7. The minimum absolute atomic E-state index is 0.0183. The number of nitrogens with one attached hydrogen (secondary N) is 4. The molecule has 0 aliphatic carbocycles. The van der Waals surface area contributed by atoms with Gasteiger partial charge in [-0.25, -0.2) is 4.79 Å². The first-order valence-corrected chi connectivity index (χ1v) is 29.7. The fraction of sp³-hybridized carbons (Fsp3) is 0.213. The van der Waals surface area contributed by atoms with E-state index in [4.69, 9.17) is 18.9 Å². The first-order chi connectivity index (χ1) is 42.6. The largest absolute Gasteiger partial charge is 0.478 e. The number of carbonyl (C=O) groups excluding carboxylic acids is 3. The highest BCUT2D eigenvalue weighted by atomic mass is 16.5. The third-order valence-corrected chi connectivity index (χ3v) is 16.4. The second-order valence-electron chi connectivity index (χ2n) is 26.9. The van der Waals surface area contributed by atoms with Crippen LogP contribution in [0.2, 0.25) is 0 Å². The number of rotatable bonds is 13. The Morgan fingerprint density at radius 1 is 0.422 bits per heavy atom. The van der Waals surface area contributed by atoms with Gasteiger partial charge in [-0.1, -0.05) is 132 Å². The molecule has 0 saturated carbocycles. The van der Waals surface area contributed by atoms with Crippen LogP contribution in [0.1, 0.15) is 152 Å². The van der Waals surface area contributed by atoms with Crippen molar-refractivity contribution in [3.8, 4) is 46.0 Å². The SMILES string of the molecule is CC(C)(C)c1ccc(Oc2cc3c4c(cc(Oc5ccc(C(C)(C)C)cc5)c5c6c(Oc7ccc(C(C)(C)C)cc7)c(C(=O)O)c(C(=N)Nc7ccncc7)c7c(C(=O)Nc8ccncc8)cc(Oc8ccc(C(C)(C)C)cc8)c(c2c45)c76)C(=O)NC3=O)cc1. The monoisotopic (exact) mass is 1200 g/mol. The third-order valence-electron chi connectivity index (χ3n) is 16.4. The van der Waals surface area contributed by atoms with Gasteiger partial charge in [-0.2, -0.15) is 0 Å². The lowest BCUT2D eigenvalue weighted by Crippen LogP contribution is -2.34. The number of nitrogens with zero attached hydrogens (tertiary/aromatic N) is 2. The number of amides is 3. The third kappa shape index (κ3) is 11.1. The molecule has 0 atom stereocenters. The molecule has 1 aliphatic heterocycles. The maximum atomic E-state index is 15.9. The van der Waals surface area contributed by atoms with E-state index in [9.17, 15) is 20.1 Å². The van der Waals surface area contributed by atoms with Gasteiger partial charge >= 0.3 is 5.97 Å². The molecule has 9 aromatic carbocycles. The van der Waals surface area contributed by atoms with E-state index in [1.807, 2.05) is 84.9 Å². The van der Waals surface area contributed by atoms with E-state index >= 15 is 9.59 Å². The lowest BCUT2D eigenvalue weighted by Gasteiger charge is -2.29. The van der Waals surface area contributed by atoms with E-state index in [1.165, 1.54) is 30.9 Å². The molecule has 15 nitrogen and oxygen atoms in total. The van der Waals surface area contributed by atoms with Crippen molar-refractivity contribution in [1.82, 2.24) is 15.3 Å². The molecule has 0 fully saturated rings. The van der Waals surface area contributed by atoms with Gasteiger partial charge in [-0.3, -0.25) is 35.1 Å². The number of aromatic nitrogens is 2. The van der Waals surface area contributed by atoms with Gasteiger partial charge in [0.2, 0.25) is 0 Å². The quantitative estimate of drug-likeness (QED) is 0.0240. The van der Waals surface area contributed by atoms with Gasteiger partial charge < -0.3 is 34.7 Å². The van der Waals surface area contributed by atoms with Crippen LogP contribution in [0.3, 0.4) is 0 Å². The predicted octanol–water partition coefficient (Wildman–Crippen LogP) is 18.2. The molecule has 2 aromatic heterocycles. The zero-order valence-corrected chi connectivity index (χ0v) is 52.2. The number of hydrogen-bond donors (Lipinski definition) is 5. The minimum Gasteiger partial charge on any atom is -0.478 e. The number of amidine groups is 1. The highest BCUT2D eigenvalue weighted by Gasteiger charge is 2.39. The summed E-state index contributed by atoms with van der Waals surface area (Å²) >= 11 is 0. The lowest BCUT2D eigenvalue weighted by atomic mass is 9.80. The van der Waals surface area contributed by atoms with Crippen LogP contribution < -0.4 is 34.9 Å². The Bertz CT molecular complexity index is 4690. The van der Waals surface area contributed by atoms with Gasteiger partial charge in [0.05, 0.1) is 16.7 Å². The van der Waals surface area contributed by atoms with Crippen LogP contribution in [0.5, 0.6) is 46.0 Å². The van der Waals surface area contributed by atoms with E-state index in [0.29, 0.717) is 28.6 Å². The molecule has 0 unspecified atom stereocenters. The van der Waals surface area contributed by atoms with Crippen molar-refractivity contribution in [3.05, 3.63) is 214 Å². The number of pyridine rings is 2. The summed E-state index contributed by atoms with van der Waals surface area (Å²) < 4.78 is 28.8. The van der Waals surface area contributed by atoms with Crippen LogP contribution in [0.4, 0.5) is 11.4 Å². The number of carbonyl (C=O) groups is 4. The molecule has 0 spiro atoms. The Kier molecular flexibility index (Phi) is 14.7. The Hall–Kier alpha value is -10.7. The topological polar surface area (TPSA) is 211 Å². The molecule has 0 saturated heterocycles. The first-order valence-electron chi connectivity index (χ1n) is 29.7. The summed E-state index contributed by atoms with van der Waals surface area (Å²) in [7, 11) is 0. The number of aromatic carboxylic acids is 1. The van der Waals surface area contributed by atoms with Crippen LogP contribution in [0, 0.1) is 5.41 Å². The van der Waals surface area contributed by atoms with Crippen LogP contribution >= 0.6 is 0 Å². The van der Waals surface area contributed by atoms with Crippen molar-refractivity contribution >= 4 is 84.0 Å². The Morgan fingerprint density at radius 2 is 0.767 bits per heavy atom. The van der Waals surface area contributed by atoms with Crippen molar-refractivity contribution in [2.24, 2.45) is 0 Å². The van der Waals surface area contributed by atoms with E-state index in [0.717, 1.165) is 22.3 Å². The summed E-state index contributed by atoms with van der Waals surface area (Å²) in [5.41, 5.74) is 3.02. The van der Waals surface area contributed by atoms with Crippen LogP contribution in [0.15, 0.2) is 164 Å². The minimum atomic E-state index is -1.53. The number of carboxylic acid groups (broad SMARTS) is 1. The molecule has 452 valence electrons. The average molecular weight is 1200 g/mol. The Balaban J connectivity index is 1.35. The van der Waals surface area contributed by atoms with Crippen molar-refractivity contribution in [3.63, 3.8) is 0 Å². The molecule has 15 heteroatoms. The van der Waals surface area contributed by atoms with E-state index in [-0.39, 0.29) is 116 Å². The number of hydrogen-bond acceptors (Lipinski definition) is 11. The Morgan fingerprint density at radius 3 is 1.14 bits per heavy atom. The van der Waals surface area contributed by atoms with Gasteiger partial charge in [0.25, 0.3) is 17.7 Å². The van der Waals surface area contributed by atoms with Crippen molar-refractivity contribution in [2.45, 2.75) is 105 Å². The average Bonchev–Trinajstić information content (AvgIpc) is 0.675. The fourth-order valence-electron chi connectivity index (χ4n) is 11.7. The number of ether oxygens (including phenoxy) is 4. The molecular formula is C75H68N6O9. The molecule has 5 N–H and O–H groups in total. The molecule has 3 heterocycles. The molecular weight excluding hydrogens is 1130 g/mol. The molecule has 0 bridgehead atoms. The van der Waals surface area contributed by atoms with Crippen molar-refractivity contribution in [2.75, 3.05) is 10.6 Å². The van der Waals surface area contributed by atoms with E-state index < -0.39 is 35.1 Å². The van der Waals surface area contributed by atoms with Gasteiger partial charge in [-0.05, 0) is 135 Å². The number of benzene rings is 9. The second kappa shape index (κ2) is 22.2. The molecule has 11 aromatic rings. The molecule has 0 radical (unpaired) electrons. The maximum absolute atomic E-state index is 15.9. The van der Waals surface area contributed by atoms with Crippen molar-refractivity contribution < 1.29 is 43.2 Å². The van der Waals surface area contributed by atoms with Crippen LogP contribution in [-0.2, 0) is 21.7 Å². The predicted molar refractivity (Wildman–Crippen MR) is 354 cm³/mol. The summed E-state index contributed by atoms with van der Waals surface area (Å²) in [5, 5.41) is 32.6. The second-order valence-corrected chi connectivity index (χ2v) is 26.9. The summed E-state index contributed by atoms with van der Waals surface area (Å²) in [6, 6.07) is 41.2. The highest BCUT2D eigenvalue weighted by molar-refractivity contribution is 6.45. The zero-order valence-electron chi connectivity index (χ0n) is 52.2. The van der Waals surface area contributed by atoms with Gasteiger partial charge in [0, 0.05) is 84.8 Å². The van der Waals surface area contributed by atoms with Gasteiger partial charge in [0.1, 0.15) is 51.6 Å². The van der Waals surface area contributed by atoms with Crippen LogP contribution in [0.25, 0.3) is 43.1 Å². The number of imide groups is 1. The summed E-state index contributed by atoms with van der Waals surface area (Å²) in [6.45, 7) is 25.1. The number of carboxylic acids is 1.